The molecular weight excluding hydrogens is 562 g/mol. The van der Waals surface area contributed by atoms with Gasteiger partial charge in [-0.2, -0.15) is 0 Å². The third-order valence-corrected chi connectivity index (χ3v) is 6.44. The number of hydrogen-bond acceptors (Lipinski definition) is 7. The molecule has 0 aliphatic heterocycles. The molecule has 242 valence electrons. The van der Waals surface area contributed by atoms with E-state index in [0.29, 0.717) is 5.56 Å². The van der Waals surface area contributed by atoms with E-state index < -0.39 is 59.2 Å². The molecule has 2 aromatic rings. The Morgan fingerprint density at radius 2 is 1.34 bits per heavy atom. The fourth-order valence-corrected chi connectivity index (χ4v) is 4.55. The van der Waals surface area contributed by atoms with Crippen molar-refractivity contribution in [3.8, 4) is 5.75 Å². The Kier molecular flexibility index (Phi) is 12.4. The Hall–Kier alpha value is -4.08. The van der Waals surface area contributed by atoms with Crippen LogP contribution in [-0.2, 0) is 30.3 Å². The number of carbonyl (C=O) groups excluding carboxylic acids is 4. The molecule has 3 N–H and O–H groups in total. The third-order valence-electron chi connectivity index (χ3n) is 6.44. The standard InChI is InChI=1S/C34H49N3O7/c1-21(2)27(36-32(42)44-34(8,9)10)30(40)37(22(3)4)28(24-16-18-25(38)19-17-24)29(39)35-26(31(41)43-33(5,6)7)20-23-14-12-11-13-15-23/h11-19,21-22,26-28,38H,20H2,1-10H3,(H,35,39)(H,36,42). The van der Waals surface area contributed by atoms with Crippen molar-refractivity contribution in [2.45, 2.75) is 111 Å². The van der Waals surface area contributed by atoms with Gasteiger partial charge in [-0.25, -0.2) is 9.59 Å². The van der Waals surface area contributed by atoms with Crippen LogP contribution in [0.1, 0.15) is 86.4 Å². The minimum atomic E-state index is -1.22. The minimum Gasteiger partial charge on any atom is -0.508 e. The summed E-state index contributed by atoms with van der Waals surface area (Å²) in [6.07, 6.45) is -0.597. The first kappa shape index (κ1) is 36.1. The van der Waals surface area contributed by atoms with Crippen molar-refractivity contribution in [2.75, 3.05) is 0 Å². The lowest BCUT2D eigenvalue weighted by atomic mass is 9.97. The molecule has 0 saturated heterocycles. The average molecular weight is 612 g/mol. The van der Waals surface area contributed by atoms with Crippen molar-refractivity contribution in [1.82, 2.24) is 15.5 Å². The van der Waals surface area contributed by atoms with Gasteiger partial charge in [0.15, 0.2) is 0 Å². The second-order valence-electron chi connectivity index (χ2n) is 13.5. The monoisotopic (exact) mass is 611 g/mol. The van der Waals surface area contributed by atoms with E-state index in [0.717, 1.165) is 5.56 Å². The van der Waals surface area contributed by atoms with Crippen LogP contribution in [0.5, 0.6) is 5.75 Å². The summed E-state index contributed by atoms with van der Waals surface area (Å²) in [6.45, 7) is 17.5. The number of nitrogens with zero attached hydrogens (tertiary/aromatic N) is 1. The van der Waals surface area contributed by atoms with Crippen LogP contribution in [-0.4, -0.2) is 63.2 Å². The number of ether oxygens (including phenoxy) is 2. The second kappa shape index (κ2) is 15.1. The maximum Gasteiger partial charge on any atom is 0.408 e. The number of carbonyl (C=O) groups is 4. The van der Waals surface area contributed by atoms with E-state index >= 15 is 0 Å². The molecule has 3 unspecified atom stereocenters. The number of phenolic OH excluding ortho intramolecular Hbond substituents is 1. The van der Waals surface area contributed by atoms with Crippen LogP contribution in [0, 0.1) is 5.92 Å². The van der Waals surface area contributed by atoms with Crippen molar-refractivity contribution in [1.29, 1.82) is 0 Å². The van der Waals surface area contributed by atoms with Gasteiger partial charge in [0.2, 0.25) is 11.8 Å². The molecular formula is C34H49N3O7. The number of phenols is 1. The maximum absolute atomic E-state index is 14.3. The van der Waals surface area contributed by atoms with Gasteiger partial charge >= 0.3 is 12.1 Å². The van der Waals surface area contributed by atoms with Gasteiger partial charge in [-0.3, -0.25) is 9.59 Å². The molecule has 0 spiro atoms. The maximum atomic E-state index is 14.3. The highest BCUT2D eigenvalue weighted by Gasteiger charge is 2.40. The molecule has 10 heteroatoms. The number of nitrogens with one attached hydrogen (secondary N) is 2. The van der Waals surface area contributed by atoms with Gasteiger partial charge in [0.05, 0.1) is 0 Å². The molecule has 0 heterocycles. The van der Waals surface area contributed by atoms with Crippen LogP contribution in [0.15, 0.2) is 54.6 Å². The van der Waals surface area contributed by atoms with Crippen LogP contribution >= 0.6 is 0 Å². The highest BCUT2D eigenvalue weighted by molar-refractivity contribution is 5.94. The molecule has 2 rings (SSSR count). The van der Waals surface area contributed by atoms with E-state index in [1.807, 2.05) is 30.3 Å². The van der Waals surface area contributed by atoms with Crippen molar-refractivity contribution < 1.29 is 33.8 Å². The van der Waals surface area contributed by atoms with E-state index in [9.17, 15) is 24.3 Å². The zero-order chi connectivity index (χ0) is 33.4. The van der Waals surface area contributed by atoms with Gasteiger partial charge in [-0.15, -0.1) is 0 Å². The quantitative estimate of drug-likeness (QED) is 0.294. The summed E-state index contributed by atoms with van der Waals surface area (Å²) in [5, 5.41) is 15.5. The third kappa shape index (κ3) is 11.2. The Morgan fingerprint density at radius 1 is 0.795 bits per heavy atom. The lowest BCUT2D eigenvalue weighted by Crippen LogP contribution is -2.57. The summed E-state index contributed by atoms with van der Waals surface area (Å²) < 4.78 is 11.1. The molecule has 0 radical (unpaired) electrons. The number of esters is 1. The predicted octanol–water partition coefficient (Wildman–Crippen LogP) is 5.29. The topological polar surface area (TPSA) is 134 Å². The molecule has 0 aliphatic carbocycles. The van der Waals surface area contributed by atoms with Gasteiger partial charge in [0.1, 0.15) is 35.1 Å². The average Bonchev–Trinajstić information content (AvgIpc) is 2.88. The molecule has 2 aromatic carbocycles. The Labute approximate surface area is 261 Å². The van der Waals surface area contributed by atoms with Gasteiger partial charge in [0.25, 0.3) is 0 Å². The molecule has 44 heavy (non-hydrogen) atoms. The van der Waals surface area contributed by atoms with Crippen molar-refractivity contribution in [2.24, 2.45) is 5.92 Å². The number of amides is 3. The predicted molar refractivity (Wildman–Crippen MR) is 169 cm³/mol. The lowest BCUT2D eigenvalue weighted by Gasteiger charge is -2.38. The van der Waals surface area contributed by atoms with Gasteiger partial charge in [0, 0.05) is 12.5 Å². The fraction of sp³-hybridized carbons (Fsp3) is 0.529. The summed E-state index contributed by atoms with van der Waals surface area (Å²) >= 11 is 0. The van der Waals surface area contributed by atoms with Crippen molar-refractivity contribution >= 4 is 23.9 Å². The molecule has 0 fully saturated rings. The van der Waals surface area contributed by atoms with E-state index in [4.69, 9.17) is 9.47 Å². The van der Waals surface area contributed by atoms with Crippen LogP contribution in [0.25, 0.3) is 0 Å². The highest BCUT2D eigenvalue weighted by Crippen LogP contribution is 2.28. The second-order valence-corrected chi connectivity index (χ2v) is 13.5. The van der Waals surface area contributed by atoms with E-state index in [2.05, 4.69) is 10.6 Å². The van der Waals surface area contributed by atoms with Crippen LogP contribution < -0.4 is 10.6 Å². The Balaban J connectivity index is 2.57. The summed E-state index contributed by atoms with van der Waals surface area (Å²) in [5.41, 5.74) is -0.367. The summed E-state index contributed by atoms with van der Waals surface area (Å²) in [6, 6.07) is 11.4. The van der Waals surface area contributed by atoms with Crippen LogP contribution in [0.4, 0.5) is 4.79 Å². The van der Waals surface area contributed by atoms with Crippen molar-refractivity contribution in [3.05, 3.63) is 65.7 Å². The zero-order valence-electron chi connectivity index (χ0n) is 27.6. The van der Waals surface area contributed by atoms with E-state index in [1.165, 1.54) is 17.0 Å². The summed E-state index contributed by atoms with van der Waals surface area (Å²) in [7, 11) is 0. The van der Waals surface area contributed by atoms with Gasteiger partial charge in [-0.05, 0) is 84.6 Å². The van der Waals surface area contributed by atoms with Crippen molar-refractivity contribution in [3.63, 3.8) is 0 Å². The first-order chi connectivity index (χ1) is 20.3. The molecule has 0 saturated carbocycles. The molecule has 3 atom stereocenters. The van der Waals surface area contributed by atoms with Crippen LogP contribution in [0.3, 0.4) is 0 Å². The van der Waals surface area contributed by atoms with Gasteiger partial charge in [-0.1, -0.05) is 56.3 Å². The molecule has 0 aliphatic rings. The van der Waals surface area contributed by atoms with Gasteiger partial charge < -0.3 is 30.1 Å². The minimum absolute atomic E-state index is 0.0160. The summed E-state index contributed by atoms with van der Waals surface area (Å²) in [4.78, 5) is 56.0. The number of aromatic hydroxyl groups is 1. The molecule has 0 bridgehead atoms. The molecule has 3 amide bonds. The summed E-state index contributed by atoms with van der Waals surface area (Å²) in [5.74, 6) is -2.12. The molecule has 0 aromatic heterocycles. The highest BCUT2D eigenvalue weighted by atomic mass is 16.6. The first-order valence-corrected chi connectivity index (χ1v) is 15.0. The number of hydrogen-bond donors (Lipinski definition) is 3. The number of benzene rings is 2. The Bertz CT molecular complexity index is 1260. The normalized spacial score (nSPS) is 13.9. The number of rotatable bonds is 11. The molecule has 10 nitrogen and oxygen atoms in total. The van der Waals surface area contributed by atoms with E-state index in [1.54, 1.807) is 81.4 Å². The van der Waals surface area contributed by atoms with Crippen LogP contribution in [0.2, 0.25) is 0 Å². The SMILES string of the molecule is CC(C)C(NC(=O)OC(C)(C)C)C(=O)N(C(C)C)C(C(=O)NC(Cc1ccccc1)C(=O)OC(C)(C)C)c1ccc(O)cc1. The zero-order valence-corrected chi connectivity index (χ0v) is 27.6. The number of alkyl carbamates (subject to hydrolysis) is 1. The fourth-order valence-electron chi connectivity index (χ4n) is 4.55. The smallest absolute Gasteiger partial charge is 0.408 e. The largest absolute Gasteiger partial charge is 0.508 e. The first-order valence-electron chi connectivity index (χ1n) is 15.0. The lowest BCUT2D eigenvalue weighted by molar-refractivity contribution is -0.159. The Morgan fingerprint density at radius 3 is 1.82 bits per heavy atom. The van der Waals surface area contributed by atoms with E-state index in [-0.39, 0.29) is 18.1 Å².